The van der Waals surface area contributed by atoms with Gasteiger partial charge < -0.3 is 4.90 Å². The summed E-state index contributed by atoms with van der Waals surface area (Å²) in [6.45, 7) is 7.62. The molecule has 0 radical (unpaired) electrons. The Labute approximate surface area is 119 Å². The van der Waals surface area contributed by atoms with E-state index in [0.29, 0.717) is 6.04 Å². The van der Waals surface area contributed by atoms with Gasteiger partial charge in [-0.25, -0.2) is 0 Å². The van der Waals surface area contributed by atoms with Crippen molar-refractivity contribution < 1.29 is 0 Å². The molecule has 0 fully saturated rings. The summed E-state index contributed by atoms with van der Waals surface area (Å²) in [5, 5.41) is 9.27. The van der Waals surface area contributed by atoms with Crippen molar-refractivity contribution in [3.63, 3.8) is 0 Å². The molecule has 0 N–H and O–H groups in total. The Kier molecular flexibility index (Phi) is 6.21. The van der Waals surface area contributed by atoms with Gasteiger partial charge in [-0.1, -0.05) is 36.2 Å². The van der Waals surface area contributed by atoms with E-state index < -0.39 is 0 Å². The third kappa shape index (κ3) is 3.74. The first-order valence-corrected chi connectivity index (χ1v) is 7.39. The fraction of sp³-hybridized carbons (Fsp3) is 0.533. The van der Waals surface area contributed by atoms with Gasteiger partial charge in [0.05, 0.1) is 11.3 Å². The van der Waals surface area contributed by atoms with Gasteiger partial charge in [-0.05, 0) is 38.0 Å². The lowest BCUT2D eigenvalue weighted by atomic mass is 10.1. The molecular weight excluding hydrogens is 288 g/mol. The van der Waals surface area contributed by atoms with Crippen LogP contribution in [0.5, 0.6) is 0 Å². The maximum absolute atomic E-state index is 9.27. The quantitative estimate of drug-likeness (QED) is 0.760. The minimum absolute atomic E-state index is 0.463. The Morgan fingerprint density at radius 2 is 2.11 bits per heavy atom. The van der Waals surface area contributed by atoms with Gasteiger partial charge in [-0.3, -0.25) is 0 Å². The second-order valence-electron chi connectivity index (χ2n) is 4.58. The molecule has 1 aromatic rings. The van der Waals surface area contributed by atoms with Crippen molar-refractivity contribution >= 4 is 21.6 Å². The Balaban J connectivity index is 3.08. The molecule has 0 heterocycles. The minimum Gasteiger partial charge on any atom is -0.368 e. The number of nitrogens with zero attached hydrogens (tertiary/aromatic N) is 2. The van der Waals surface area contributed by atoms with Gasteiger partial charge in [0.1, 0.15) is 6.07 Å². The van der Waals surface area contributed by atoms with E-state index >= 15 is 0 Å². The molecule has 0 aromatic heterocycles. The van der Waals surface area contributed by atoms with Crippen molar-refractivity contribution in [2.45, 2.75) is 46.1 Å². The van der Waals surface area contributed by atoms with Crippen molar-refractivity contribution in [2.75, 3.05) is 11.4 Å². The number of halogens is 1. The first-order chi connectivity index (χ1) is 8.63. The maximum atomic E-state index is 9.27. The van der Waals surface area contributed by atoms with Crippen LogP contribution < -0.4 is 4.90 Å². The van der Waals surface area contributed by atoms with Crippen LogP contribution in [0.15, 0.2) is 22.7 Å². The molecule has 98 valence electrons. The lowest BCUT2D eigenvalue weighted by molar-refractivity contribution is 0.595. The van der Waals surface area contributed by atoms with E-state index in [2.05, 4.69) is 47.7 Å². The normalized spacial score (nSPS) is 11.9. The molecule has 1 aromatic carbocycles. The van der Waals surface area contributed by atoms with Crippen molar-refractivity contribution in [2.24, 2.45) is 0 Å². The monoisotopic (exact) mass is 308 g/mol. The van der Waals surface area contributed by atoms with E-state index in [1.807, 2.05) is 18.2 Å². The molecule has 1 rings (SSSR count). The van der Waals surface area contributed by atoms with E-state index in [9.17, 15) is 5.26 Å². The van der Waals surface area contributed by atoms with Crippen LogP contribution in [0.2, 0.25) is 0 Å². The van der Waals surface area contributed by atoms with Crippen molar-refractivity contribution in [1.29, 1.82) is 5.26 Å². The molecule has 1 atom stereocenters. The Morgan fingerprint density at radius 1 is 1.39 bits per heavy atom. The molecule has 0 aliphatic rings. The maximum Gasteiger partial charge on any atom is 0.101 e. The van der Waals surface area contributed by atoms with E-state index in [-0.39, 0.29) is 0 Å². The summed E-state index contributed by atoms with van der Waals surface area (Å²) < 4.78 is 0.961. The summed E-state index contributed by atoms with van der Waals surface area (Å²) >= 11 is 3.42. The number of benzene rings is 1. The van der Waals surface area contributed by atoms with Gasteiger partial charge in [-0.2, -0.15) is 5.26 Å². The van der Waals surface area contributed by atoms with Gasteiger partial charge in [-0.15, -0.1) is 0 Å². The Bertz CT molecular complexity index is 423. The van der Waals surface area contributed by atoms with Crippen LogP contribution in [-0.4, -0.2) is 12.6 Å². The summed E-state index contributed by atoms with van der Waals surface area (Å²) in [6, 6.07) is 8.72. The van der Waals surface area contributed by atoms with Crippen LogP contribution in [-0.2, 0) is 0 Å². The highest BCUT2D eigenvalue weighted by Crippen LogP contribution is 2.26. The number of unbranched alkanes of at least 4 members (excludes halogenated alkanes) is 1. The third-order valence-corrected chi connectivity index (χ3v) is 3.76. The molecule has 1 unspecified atom stereocenters. The van der Waals surface area contributed by atoms with Crippen molar-refractivity contribution in [3.05, 3.63) is 28.2 Å². The van der Waals surface area contributed by atoms with Crippen LogP contribution in [0.25, 0.3) is 0 Å². The fourth-order valence-corrected chi connectivity index (χ4v) is 2.34. The van der Waals surface area contributed by atoms with Crippen LogP contribution in [0.1, 0.15) is 45.6 Å². The highest BCUT2D eigenvalue weighted by Gasteiger charge is 2.16. The molecule has 0 aliphatic heterocycles. The van der Waals surface area contributed by atoms with E-state index in [1.165, 1.54) is 6.42 Å². The first kappa shape index (κ1) is 15.0. The summed E-state index contributed by atoms with van der Waals surface area (Å²) in [5.41, 5.74) is 1.81. The molecule has 3 heteroatoms. The largest absolute Gasteiger partial charge is 0.368 e. The zero-order valence-electron chi connectivity index (χ0n) is 11.4. The SMILES string of the molecule is CCCCN(c1ccc(Br)cc1C#N)C(C)CC. The number of nitriles is 1. The van der Waals surface area contributed by atoms with Gasteiger partial charge in [0.2, 0.25) is 0 Å². The summed E-state index contributed by atoms with van der Waals surface area (Å²) in [5.74, 6) is 0. The van der Waals surface area contributed by atoms with Crippen LogP contribution >= 0.6 is 15.9 Å². The second-order valence-corrected chi connectivity index (χ2v) is 5.49. The molecule has 0 amide bonds. The number of hydrogen-bond donors (Lipinski definition) is 0. The lowest BCUT2D eigenvalue weighted by Gasteiger charge is -2.31. The predicted octanol–water partition coefficient (Wildman–Crippen LogP) is 4.73. The number of hydrogen-bond acceptors (Lipinski definition) is 2. The van der Waals surface area contributed by atoms with E-state index in [1.54, 1.807) is 0 Å². The Hall–Kier alpha value is -1.01. The molecule has 0 aliphatic carbocycles. The molecule has 0 saturated heterocycles. The van der Waals surface area contributed by atoms with Crippen LogP contribution in [0, 0.1) is 11.3 Å². The third-order valence-electron chi connectivity index (χ3n) is 3.26. The highest BCUT2D eigenvalue weighted by molar-refractivity contribution is 9.10. The standard InChI is InChI=1S/C15H21BrN2/c1-4-6-9-18(12(3)5-2)15-8-7-14(16)10-13(15)11-17/h7-8,10,12H,4-6,9H2,1-3H3. The number of rotatable bonds is 6. The van der Waals surface area contributed by atoms with Crippen molar-refractivity contribution in [3.8, 4) is 6.07 Å². The second kappa shape index (κ2) is 7.43. The summed E-state index contributed by atoms with van der Waals surface area (Å²) in [6.07, 6.45) is 3.42. The fourth-order valence-electron chi connectivity index (χ4n) is 1.98. The average molecular weight is 309 g/mol. The Morgan fingerprint density at radius 3 is 2.67 bits per heavy atom. The molecule has 18 heavy (non-hydrogen) atoms. The first-order valence-electron chi connectivity index (χ1n) is 6.60. The van der Waals surface area contributed by atoms with Gasteiger partial charge in [0.15, 0.2) is 0 Å². The summed E-state index contributed by atoms with van der Waals surface area (Å²) in [4.78, 5) is 2.36. The lowest BCUT2D eigenvalue weighted by Crippen LogP contribution is -2.34. The van der Waals surface area contributed by atoms with E-state index in [0.717, 1.165) is 35.1 Å². The van der Waals surface area contributed by atoms with Gasteiger partial charge in [0, 0.05) is 17.1 Å². The molecule has 0 spiro atoms. The minimum atomic E-state index is 0.463. The van der Waals surface area contributed by atoms with Crippen LogP contribution in [0.3, 0.4) is 0 Å². The molecule has 0 bridgehead atoms. The molecule has 2 nitrogen and oxygen atoms in total. The van der Waals surface area contributed by atoms with Gasteiger partial charge >= 0.3 is 0 Å². The zero-order valence-corrected chi connectivity index (χ0v) is 13.0. The van der Waals surface area contributed by atoms with Crippen molar-refractivity contribution in [1.82, 2.24) is 0 Å². The molecule has 0 saturated carbocycles. The smallest absolute Gasteiger partial charge is 0.101 e. The summed E-state index contributed by atoms with van der Waals surface area (Å²) in [7, 11) is 0. The van der Waals surface area contributed by atoms with Crippen LogP contribution in [0.4, 0.5) is 5.69 Å². The highest BCUT2D eigenvalue weighted by atomic mass is 79.9. The van der Waals surface area contributed by atoms with Gasteiger partial charge in [0.25, 0.3) is 0 Å². The topological polar surface area (TPSA) is 27.0 Å². The average Bonchev–Trinajstić information content (AvgIpc) is 2.39. The number of anilines is 1. The predicted molar refractivity (Wildman–Crippen MR) is 80.9 cm³/mol. The molecular formula is C15H21BrN2. The van der Waals surface area contributed by atoms with E-state index in [4.69, 9.17) is 0 Å². The zero-order chi connectivity index (χ0) is 13.5.